The first-order valence-corrected chi connectivity index (χ1v) is 18.0. The van der Waals surface area contributed by atoms with E-state index in [2.05, 4.69) is 16.5 Å². The van der Waals surface area contributed by atoms with Crippen LogP contribution in [-0.2, 0) is 28.7 Å². The molecule has 2 aliphatic heterocycles. The van der Waals surface area contributed by atoms with E-state index >= 15 is 0 Å². The zero-order chi connectivity index (χ0) is 37.8. The average molecular weight is 729 g/mol. The maximum absolute atomic E-state index is 14.6. The molecule has 4 rings (SSSR count). The van der Waals surface area contributed by atoms with Gasteiger partial charge in [-0.25, -0.2) is 14.8 Å². The van der Waals surface area contributed by atoms with Crippen LogP contribution in [0.5, 0.6) is 11.6 Å². The number of aromatic nitrogens is 2. The Bertz CT molecular complexity index is 1620. The molecule has 3 heterocycles. The van der Waals surface area contributed by atoms with Gasteiger partial charge in [0, 0.05) is 31.9 Å². The third kappa shape index (κ3) is 9.69. The Morgan fingerprint density at radius 3 is 2.37 bits per heavy atom. The van der Waals surface area contributed by atoms with Crippen LogP contribution >= 0.6 is 11.6 Å². The normalized spacial score (nSPS) is 22.8. The van der Waals surface area contributed by atoms with E-state index in [1.165, 1.54) is 11.8 Å². The summed E-state index contributed by atoms with van der Waals surface area (Å²) in [6.45, 7) is 18.5. The van der Waals surface area contributed by atoms with Crippen LogP contribution in [0.15, 0.2) is 30.9 Å². The molecule has 51 heavy (non-hydrogen) atoms. The van der Waals surface area contributed by atoms with Crippen LogP contribution in [0.4, 0.5) is 0 Å². The number of halogens is 1. The van der Waals surface area contributed by atoms with Gasteiger partial charge >= 0.3 is 11.9 Å². The minimum atomic E-state index is -1.01. The van der Waals surface area contributed by atoms with Crippen molar-refractivity contribution in [1.29, 1.82) is 0 Å². The third-order valence-electron chi connectivity index (χ3n) is 9.58. The molecule has 13 heteroatoms. The number of hydrogen-bond donors (Lipinski definition) is 0. The summed E-state index contributed by atoms with van der Waals surface area (Å²) >= 11 is 6.52. The first-order valence-electron chi connectivity index (χ1n) is 17.6. The van der Waals surface area contributed by atoms with Gasteiger partial charge in [0.05, 0.1) is 43.1 Å². The minimum absolute atomic E-state index is 0.0151. The van der Waals surface area contributed by atoms with Crippen molar-refractivity contribution in [2.45, 2.75) is 117 Å². The summed E-state index contributed by atoms with van der Waals surface area (Å²) in [7, 11) is 1.55. The van der Waals surface area contributed by atoms with E-state index in [0.29, 0.717) is 36.2 Å². The molecule has 2 fully saturated rings. The maximum Gasteiger partial charge on any atom is 0.329 e. The monoisotopic (exact) mass is 728 g/mol. The molecular formula is C38H53ClN4O8. The highest BCUT2D eigenvalue weighted by Crippen LogP contribution is 2.38. The van der Waals surface area contributed by atoms with Crippen LogP contribution < -0.4 is 9.47 Å². The van der Waals surface area contributed by atoms with Gasteiger partial charge in [-0.05, 0) is 57.6 Å². The second kappa shape index (κ2) is 16.2. The average Bonchev–Trinajstić information content (AvgIpc) is 3.58. The number of hydrogen-bond acceptors (Lipinski definition) is 10. The number of carbonyl (C=O) groups excluding carboxylic acids is 4. The Kier molecular flexibility index (Phi) is 12.6. The van der Waals surface area contributed by atoms with Gasteiger partial charge in [0.2, 0.25) is 11.8 Å². The van der Waals surface area contributed by atoms with Crippen LogP contribution in [0, 0.1) is 17.3 Å². The number of esters is 2. The van der Waals surface area contributed by atoms with Crippen LogP contribution in [0.3, 0.4) is 0 Å². The lowest BCUT2D eigenvalue weighted by atomic mass is 9.77. The summed E-state index contributed by atoms with van der Waals surface area (Å²) in [6, 6.07) is 3.95. The van der Waals surface area contributed by atoms with Gasteiger partial charge in [0.15, 0.2) is 5.15 Å². The van der Waals surface area contributed by atoms with E-state index in [1.54, 1.807) is 51.0 Å². The lowest BCUT2D eigenvalue weighted by Gasteiger charge is -2.35. The first-order chi connectivity index (χ1) is 23.8. The molecular weight excluding hydrogens is 676 g/mol. The SMILES string of the molecule is C=CCCC[C@H]1[C@H](OC(=O)C[C@H](C(=O)N2C[C@H](Oc3nc4cc(OC)ccc4nc3Cl)[C@@H](C)[C@H]2C(=O)OC(C)(C)C)C(C)(C)C)CCN1C(C)=O. The number of nitrogens with zero attached hydrogens (tertiary/aromatic N) is 4. The Morgan fingerprint density at radius 1 is 1.06 bits per heavy atom. The number of benzene rings is 1. The van der Waals surface area contributed by atoms with Gasteiger partial charge in [0.25, 0.3) is 5.88 Å². The molecule has 0 spiro atoms. The molecule has 1 aromatic carbocycles. The van der Waals surface area contributed by atoms with Crippen LogP contribution in [0.25, 0.3) is 11.0 Å². The number of methoxy groups -OCH3 is 1. The molecule has 0 N–H and O–H groups in total. The van der Waals surface area contributed by atoms with E-state index in [1.807, 2.05) is 33.8 Å². The number of amides is 2. The molecule has 1 aromatic heterocycles. The summed E-state index contributed by atoms with van der Waals surface area (Å²) in [4.78, 5) is 66.6. The highest BCUT2D eigenvalue weighted by atomic mass is 35.5. The molecule has 2 aromatic rings. The smallest absolute Gasteiger partial charge is 0.329 e. The summed E-state index contributed by atoms with van der Waals surface area (Å²) < 4.78 is 23.5. The molecule has 6 atom stereocenters. The number of rotatable bonds is 12. The molecule has 0 aliphatic carbocycles. The fraction of sp³-hybridized carbons (Fsp3) is 0.632. The summed E-state index contributed by atoms with van der Waals surface area (Å²) in [5.41, 5.74) is -0.459. The molecule has 2 aliphatic rings. The molecule has 280 valence electrons. The summed E-state index contributed by atoms with van der Waals surface area (Å²) in [5, 5.41) is 0.0341. The quantitative estimate of drug-likeness (QED) is 0.142. The van der Waals surface area contributed by atoms with Crippen molar-refractivity contribution in [3.63, 3.8) is 0 Å². The van der Waals surface area contributed by atoms with Gasteiger partial charge < -0.3 is 28.7 Å². The van der Waals surface area contributed by atoms with Gasteiger partial charge in [0.1, 0.15) is 29.6 Å². The molecule has 0 bridgehead atoms. The Balaban J connectivity index is 1.60. The van der Waals surface area contributed by atoms with E-state index in [0.717, 1.165) is 12.8 Å². The number of ether oxygens (including phenoxy) is 4. The lowest BCUT2D eigenvalue weighted by Crippen LogP contribution is -2.50. The van der Waals surface area contributed by atoms with Crippen molar-refractivity contribution < 1.29 is 38.1 Å². The van der Waals surface area contributed by atoms with E-state index in [4.69, 9.17) is 30.5 Å². The first kappa shape index (κ1) is 39.8. The van der Waals surface area contributed by atoms with E-state index < -0.39 is 58.9 Å². The van der Waals surface area contributed by atoms with Crippen molar-refractivity contribution in [3.8, 4) is 11.6 Å². The van der Waals surface area contributed by atoms with Crippen molar-refractivity contribution >= 4 is 46.4 Å². The molecule has 0 radical (unpaired) electrons. The number of fused-ring (bicyclic) bond motifs is 1. The fourth-order valence-corrected chi connectivity index (χ4v) is 7.07. The second-order valence-electron chi connectivity index (χ2n) is 15.6. The Labute approximate surface area is 306 Å². The van der Waals surface area contributed by atoms with E-state index in [-0.39, 0.29) is 35.9 Å². The van der Waals surface area contributed by atoms with Crippen molar-refractivity contribution in [2.24, 2.45) is 17.3 Å². The van der Waals surface area contributed by atoms with Crippen molar-refractivity contribution in [2.75, 3.05) is 20.2 Å². The standard InChI is InChI=1S/C38H53ClN4O8/c1-11-12-13-14-28-29(17-18-42(28)23(3)44)49-31(45)20-25(37(4,5)6)35(46)43-21-30(22(2)32(43)36(47)51-38(7,8)9)50-34-33(39)40-26-16-15-24(48-10)19-27(26)41-34/h11,15-16,19,22,25,28-30,32H,1,12-14,17-18,20-21H2,2-10H3/t22-,25-,28+,29-,30+,32+/m1/s1. The summed E-state index contributed by atoms with van der Waals surface area (Å²) in [6.07, 6.45) is 3.23. The molecule has 0 saturated carbocycles. The van der Waals surface area contributed by atoms with Gasteiger partial charge in [-0.2, -0.15) is 0 Å². The van der Waals surface area contributed by atoms with Crippen molar-refractivity contribution in [3.05, 3.63) is 36.0 Å². The topological polar surface area (TPSA) is 137 Å². The maximum atomic E-state index is 14.6. The number of unbranched alkanes of at least 4 members (excludes halogenated alkanes) is 1. The van der Waals surface area contributed by atoms with Crippen LogP contribution in [0.2, 0.25) is 5.15 Å². The number of allylic oxidation sites excluding steroid dienone is 1. The highest BCUT2D eigenvalue weighted by molar-refractivity contribution is 6.31. The van der Waals surface area contributed by atoms with Gasteiger partial charge in [-0.3, -0.25) is 14.4 Å². The Hall–Kier alpha value is -3.93. The third-order valence-corrected chi connectivity index (χ3v) is 9.83. The fourth-order valence-electron chi connectivity index (χ4n) is 6.89. The number of likely N-dealkylation sites (tertiary alicyclic amines) is 2. The molecule has 0 unspecified atom stereocenters. The predicted molar refractivity (Wildman–Crippen MR) is 193 cm³/mol. The Morgan fingerprint density at radius 2 is 1.76 bits per heavy atom. The highest BCUT2D eigenvalue weighted by Gasteiger charge is 2.51. The zero-order valence-electron chi connectivity index (χ0n) is 31.4. The van der Waals surface area contributed by atoms with Gasteiger partial charge in [-0.15, -0.1) is 6.58 Å². The van der Waals surface area contributed by atoms with Crippen LogP contribution in [-0.4, -0.2) is 93.6 Å². The van der Waals surface area contributed by atoms with E-state index in [9.17, 15) is 19.2 Å². The van der Waals surface area contributed by atoms with Gasteiger partial charge in [-0.1, -0.05) is 45.4 Å². The second-order valence-corrected chi connectivity index (χ2v) is 16.0. The number of carbonyl (C=O) groups is 4. The zero-order valence-corrected chi connectivity index (χ0v) is 32.1. The predicted octanol–water partition coefficient (Wildman–Crippen LogP) is 6.17. The van der Waals surface area contributed by atoms with Crippen molar-refractivity contribution in [1.82, 2.24) is 19.8 Å². The summed E-state index contributed by atoms with van der Waals surface area (Å²) in [5.74, 6) is -2.32. The van der Waals surface area contributed by atoms with Crippen LogP contribution in [0.1, 0.15) is 87.5 Å². The molecule has 2 amide bonds. The minimum Gasteiger partial charge on any atom is -0.497 e. The largest absolute Gasteiger partial charge is 0.497 e. The molecule has 2 saturated heterocycles. The molecule has 12 nitrogen and oxygen atoms in total. The lowest BCUT2D eigenvalue weighted by molar-refractivity contribution is -0.167.